The number of hydrogen-bond donors (Lipinski definition) is 1. The Morgan fingerprint density at radius 2 is 1.71 bits per heavy atom. The molecule has 1 aromatic heterocycles. The lowest BCUT2D eigenvalue weighted by Crippen LogP contribution is -2.21. The summed E-state index contributed by atoms with van der Waals surface area (Å²) in [7, 11) is 0. The van der Waals surface area contributed by atoms with Gasteiger partial charge in [-0.15, -0.1) is 0 Å². The molecule has 8 heteroatoms. The van der Waals surface area contributed by atoms with Crippen molar-refractivity contribution >= 4 is 46.4 Å². The number of benzene rings is 2. The lowest BCUT2D eigenvalue weighted by molar-refractivity contribution is -0.118. The molecule has 0 bridgehead atoms. The predicted octanol–water partition coefficient (Wildman–Crippen LogP) is 5.53. The van der Waals surface area contributed by atoms with Crippen molar-refractivity contribution in [2.24, 2.45) is 0 Å². The van der Waals surface area contributed by atoms with Gasteiger partial charge >= 0.3 is 0 Å². The fourth-order valence-corrected chi connectivity index (χ4v) is 3.36. The molecule has 0 aliphatic rings. The number of amides is 1. The molecule has 0 saturated heterocycles. The molecule has 3 rings (SSSR count). The largest absolute Gasteiger partial charge is 0.484 e. The first-order valence-corrected chi connectivity index (χ1v) is 9.63. The van der Waals surface area contributed by atoms with E-state index in [1.165, 1.54) is 0 Å². The number of carbonyl (C=O) groups excluding carboxylic acids is 1. The van der Waals surface area contributed by atoms with Gasteiger partial charge in [0, 0.05) is 20.6 Å². The fraction of sp³-hybridized carbons (Fsp3) is 0.200. The zero-order valence-electron chi connectivity index (χ0n) is 15.3. The van der Waals surface area contributed by atoms with Crippen LogP contribution in [0.1, 0.15) is 17.0 Å². The zero-order valence-corrected chi connectivity index (χ0v) is 17.6. The van der Waals surface area contributed by atoms with Gasteiger partial charge in [-0.1, -0.05) is 40.9 Å². The van der Waals surface area contributed by atoms with Gasteiger partial charge in [0.2, 0.25) is 0 Å². The predicted molar refractivity (Wildman–Crippen MR) is 113 cm³/mol. The second-order valence-electron chi connectivity index (χ2n) is 6.19. The number of nitrogens with zero attached hydrogens (tertiary/aromatic N) is 2. The van der Waals surface area contributed by atoms with Crippen molar-refractivity contribution in [1.29, 1.82) is 0 Å². The van der Waals surface area contributed by atoms with E-state index in [2.05, 4.69) is 10.4 Å². The van der Waals surface area contributed by atoms with Gasteiger partial charge in [0.15, 0.2) is 6.61 Å². The van der Waals surface area contributed by atoms with Crippen LogP contribution >= 0.6 is 34.8 Å². The lowest BCUT2D eigenvalue weighted by atomic mass is 10.2. The summed E-state index contributed by atoms with van der Waals surface area (Å²) in [6, 6.07) is 12.2. The van der Waals surface area contributed by atoms with E-state index in [9.17, 15) is 4.79 Å². The molecule has 0 aliphatic heterocycles. The van der Waals surface area contributed by atoms with Crippen molar-refractivity contribution in [2.45, 2.75) is 20.4 Å². The highest BCUT2D eigenvalue weighted by Crippen LogP contribution is 2.27. The van der Waals surface area contributed by atoms with E-state index in [0.29, 0.717) is 38.7 Å². The summed E-state index contributed by atoms with van der Waals surface area (Å²) < 4.78 is 7.24. The Morgan fingerprint density at radius 3 is 2.36 bits per heavy atom. The molecule has 3 aromatic rings. The summed E-state index contributed by atoms with van der Waals surface area (Å²) in [4.78, 5) is 12.3. The maximum absolute atomic E-state index is 12.3. The minimum absolute atomic E-state index is 0.123. The van der Waals surface area contributed by atoms with Gasteiger partial charge in [-0.2, -0.15) is 5.10 Å². The van der Waals surface area contributed by atoms with E-state index < -0.39 is 0 Å². The smallest absolute Gasteiger partial charge is 0.262 e. The average Bonchev–Trinajstić information content (AvgIpc) is 2.92. The Morgan fingerprint density at radius 1 is 1.07 bits per heavy atom. The van der Waals surface area contributed by atoms with Gasteiger partial charge in [-0.3, -0.25) is 9.48 Å². The van der Waals surface area contributed by atoms with E-state index in [0.717, 1.165) is 11.3 Å². The number of aromatic nitrogens is 2. The van der Waals surface area contributed by atoms with Crippen molar-refractivity contribution in [3.8, 4) is 5.75 Å². The van der Waals surface area contributed by atoms with Crippen LogP contribution in [0.5, 0.6) is 5.75 Å². The highest BCUT2D eigenvalue weighted by atomic mass is 35.5. The molecule has 2 aromatic carbocycles. The first-order chi connectivity index (χ1) is 13.3. The highest BCUT2D eigenvalue weighted by Gasteiger charge is 2.16. The number of halogens is 3. The summed E-state index contributed by atoms with van der Waals surface area (Å²) in [6.07, 6.45) is 0. The van der Waals surface area contributed by atoms with Crippen LogP contribution in [0.2, 0.25) is 15.1 Å². The van der Waals surface area contributed by atoms with Crippen LogP contribution in [0.25, 0.3) is 0 Å². The van der Waals surface area contributed by atoms with E-state index in [1.807, 2.05) is 13.8 Å². The van der Waals surface area contributed by atoms with Crippen molar-refractivity contribution in [1.82, 2.24) is 9.78 Å². The summed E-state index contributed by atoms with van der Waals surface area (Å²) in [5.41, 5.74) is 2.92. The van der Waals surface area contributed by atoms with Crippen LogP contribution in [0.15, 0.2) is 42.5 Å². The maximum Gasteiger partial charge on any atom is 0.262 e. The van der Waals surface area contributed by atoms with E-state index in [4.69, 9.17) is 39.5 Å². The Kier molecular flexibility index (Phi) is 6.50. The number of aryl methyl sites for hydroxylation is 1. The highest BCUT2D eigenvalue weighted by molar-refractivity contribution is 6.36. The normalized spacial score (nSPS) is 10.8. The van der Waals surface area contributed by atoms with Gasteiger partial charge in [-0.25, -0.2) is 0 Å². The van der Waals surface area contributed by atoms with Crippen molar-refractivity contribution in [2.75, 3.05) is 11.9 Å². The third-order valence-electron chi connectivity index (χ3n) is 4.20. The molecule has 1 amide bonds. The minimum Gasteiger partial charge on any atom is -0.484 e. The van der Waals surface area contributed by atoms with Crippen molar-refractivity contribution < 1.29 is 9.53 Å². The Hall–Kier alpha value is -2.21. The Bertz CT molecular complexity index is 980. The second kappa shape index (κ2) is 8.86. The third kappa shape index (κ3) is 4.79. The molecule has 28 heavy (non-hydrogen) atoms. The van der Waals surface area contributed by atoms with Gasteiger partial charge in [0.05, 0.1) is 23.6 Å². The standard InChI is InChI=1S/C20H18Cl3N3O2/c1-12-20(24-19(27)11-28-15-8-6-14(21)7-9-15)13(2)26(25-12)10-16-17(22)4-3-5-18(16)23/h3-9H,10-11H2,1-2H3,(H,24,27). The average molecular weight is 439 g/mol. The van der Waals surface area contributed by atoms with Gasteiger partial charge < -0.3 is 10.1 Å². The molecule has 0 unspecified atom stereocenters. The molecule has 5 nitrogen and oxygen atoms in total. The molecule has 0 radical (unpaired) electrons. The van der Waals surface area contributed by atoms with E-state index in [-0.39, 0.29) is 12.5 Å². The van der Waals surface area contributed by atoms with E-state index in [1.54, 1.807) is 47.1 Å². The monoisotopic (exact) mass is 437 g/mol. The molecule has 0 aliphatic carbocycles. The van der Waals surface area contributed by atoms with Gasteiger partial charge in [0.1, 0.15) is 5.75 Å². The number of hydrogen-bond acceptors (Lipinski definition) is 3. The first-order valence-electron chi connectivity index (χ1n) is 8.50. The number of carbonyl (C=O) groups is 1. The number of ether oxygens (including phenoxy) is 1. The molecule has 0 spiro atoms. The quantitative estimate of drug-likeness (QED) is 0.551. The second-order valence-corrected chi connectivity index (χ2v) is 7.45. The van der Waals surface area contributed by atoms with Crippen LogP contribution in [-0.2, 0) is 11.3 Å². The molecule has 1 N–H and O–H groups in total. The summed E-state index contributed by atoms with van der Waals surface area (Å²) in [5, 5.41) is 9.10. The lowest BCUT2D eigenvalue weighted by Gasteiger charge is -2.10. The van der Waals surface area contributed by atoms with Crippen molar-refractivity contribution in [3.63, 3.8) is 0 Å². The molecule has 0 saturated carbocycles. The van der Waals surface area contributed by atoms with Crippen LogP contribution < -0.4 is 10.1 Å². The fourth-order valence-electron chi connectivity index (χ4n) is 2.72. The maximum atomic E-state index is 12.3. The van der Waals surface area contributed by atoms with Crippen LogP contribution in [0, 0.1) is 13.8 Å². The number of rotatable bonds is 6. The summed E-state index contributed by atoms with van der Waals surface area (Å²) >= 11 is 18.3. The van der Waals surface area contributed by atoms with E-state index >= 15 is 0 Å². The molecule has 146 valence electrons. The SMILES string of the molecule is Cc1nn(Cc2c(Cl)cccc2Cl)c(C)c1NC(=O)COc1ccc(Cl)cc1. The van der Waals surface area contributed by atoms with Crippen LogP contribution in [0.4, 0.5) is 5.69 Å². The number of nitrogens with one attached hydrogen (secondary N) is 1. The molecule has 0 atom stereocenters. The van der Waals surface area contributed by atoms with Crippen LogP contribution in [0.3, 0.4) is 0 Å². The third-order valence-corrected chi connectivity index (χ3v) is 5.16. The molecule has 0 fully saturated rings. The topological polar surface area (TPSA) is 56.2 Å². The molecular weight excluding hydrogens is 421 g/mol. The van der Waals surface area contributed by atoms with Gasteiger partial charge in [0.25, 0.3) is 5.91 Å². The molecule has 1 heterocycles. The van der Waals surface area contributed by atoms with Crippen molar-refractivity contribution in [3.05, 3.63) is 74.5 Å². The molecular formula is C20H18Cl3N3O2. The Balaban J connectivity index is 1.69. The van der Waals surface area contributed by atoms with Crippen LogP contribution in [-0.4, -0.2) is 22.3 Å². The zero-order chi connectivity index (χ0) is 20.3. The summed E-state index contributed by atoms with van der Waals surface area (Å²) in [6.45, 7) is 3.98. The number of anilines is 1. The van der Waals surface area contributed by atoms with Gasteiger partial charge in [-0.05, 0) is 50.2 Å². The summed E-state index contributed by atoms with van der Waals surface area (Å²) in [5.74, 6) is 0.286. The Labute approximate surface area is 178 Å². The first kappa shape index (κ1) is 20.5. The minimum atomic E-state index is -0.281.